The summed E-state index contributed by atoms with van der Waals surface area (Å²) in [5.74, 6) is 0. The maximum Gasteiger partial charge on any atom is 0.244 e. The van der Waals surface area contributed by atoms with Crippen LogP contribution in [0.25, 0.3) is 0 Å². The van der Waals surface area contributed by atoms with Crippen molar-refractivity contribution in [2.45, 2.75) is 30.7 Å². The van der Waals surface area contributed by atoms with Gasteiger partial charge in [0.15, 0.2) is 0 Å². The lowest BCUT2D eigenvalue weighted by atomic mass is 10.1. The lowest BCUT2D eigenvalue weighted by molar-refractivity contribution is 0.554. The lowest BCUT2D eigenvalue weighted by Gasteiger charge is -2.14. The molecule has 7 heteroatoms. The zero-order valence-electron chi connectivity index (χ0n) is 11.1. The molecule has 0 saturated carbocycles. The van der Waals surface area contributed by atoms with E-state index < -0.39 is 10.0 Å². The predicted octanol–water partition coefficient (Wildman–Crippen LogP) is 1.27. The number of nitrogen functional groups attached to an aromatic ring is 1. The van der Waals surface area contributed by atoms with E-state index >= 15 is 0 Å². The first-order chi connectivity index (χ1) is 9.47. The Hall–Kier alpha value is -1.86. The number of nitrogens with two attached hydrogens (primary N) is 1. The normalized spacial score (nSPS) is 18.1. The van der Waals surface area contributed by atoms with Crippen molar-refractivity contribution in [3.63, 3.8) is 0 Å². The molecule has 1 unspecified atom stereocenters. The second-order valence-corrected chi connectivity index (χ2v) is 6.71. The highest BCUT2D eigenvalue weighted by Gasteiger charge is 2.28. The van der Waals surface area contributed by atoms with Gasteiger partial charge in [-0.05, 0) is 43.0 Å². The summed E-state index contributed by atoms with van der Waals surface area (Å²) in [4.78, 5) is 0.196. The Bertz CT molecular complexity index is 751. The largest absolute Gasteiger partial charge is 0.399 e. The minimum Gasteiger partial charge on any atom is -0.399 e. The van der Waals surface area contributed by atoms with E-state index in [0.717, 1.165) is 24.0 Å². The molecule has 3 rings (SSSR count). The highest BCUT2D eigenvalue weighted by atomic mass is 32.2. The smallest absolute Gasteiger partial charge is 0.244 e. The van der Waals surface area contributed by atoms with E-state index in [1.54, 1.807) is 13.0 Å². The topological polar surface area (TPSA) is 101 Å². The first kappa shape index (κ1) is 13.1. The second-order valence-electron chi connectivity index (χ2n) is 5.03. The van der Waals surface area contributed by atoms with Gasteiger partial charge in [-0.15, -0.1) is 0 Å². The fourth-order valence-corrected chi connectivity index (χ4v) is 4.01. The first-order valence-electron chi connectivity index (χ1n) is 6.38. The number of fused-ring (bicyclic) bond motifs is 1. The summed E-state index contributed by atoms with van der Waals surface area (Å²) in [5, 5.41) is 6.40. The zero-order chi connectivity index (χ0) is 14.3. The minimum atomic E-state index is -3.56. The van der Waals surface area contributed by atoms with Gasteiger partial charge < -0.3 is 5.73 Å². The Kier molecular flexibility index (Phi) is 3.02. The van der Waals surface area contributed by atoms with Gasteiger partial charge in [0.1, 0.15) is 4.90 Å². The number of benzene rings is 1. The number of anilines is 1. The third-order valence-corrected chi connectivity index (χ3v) is 5.20. The van der Waals surface area contributed by atoms with E-state index in [4.69, 9.17) is 5.73 Å². The molecule has 0 amide bonds. The summed E-state index contributed by atoms with van der Waals surface area (Å²) in [6.07, 6.45) is 2.91. The molecule has 20 heavy (non-hydrogen) atoms. The summed E-state index contributed by atoms with van der Waals surface area (Å²) >= 11 is 0. The molecule has 1 aliphatic rings. The van der Waals surface area contributed by atoms with Crippen LogP contribution in [0.5, 0.6) is 0 Å². The molecule has 0 spiro atoms. The van der Waals surface area contributed by atoms with E-state index in [1.165, 1.54) is 6.20 Å². The quantitative estimate of drug-likeness (QED) is 0.741. The van der Waals surface area contributed by atoms with Gasteiger partial charge in [0.25, 0.3) is 0 Å². The molecule has 1 heterocycles. The number of aromatic nitrogens is 2. The average Bonchev–Trinajstić information content (AvgIpc) is 2.96. The molecule has 1 aliphatic carbocycles. The minimum absolute atomic E-state index is 0.196. The van der Waals surface area contributed by atoms with E-state index in [0.29, 0.717) is 11.4 Å². The molecule has 0 saturated heterocycles. The van der Waals surface area contributed by atoms with Crippen molar-refractivity contribution in [3.05, 3.63) is 41.2 Å². The molecular formula is C13H16N4O2S. The van der Waals surface area contributed by atoms with Crippen molar-refractivity contribution in [1.82, 2.24) is 14.9 Å². The van der Waals surface area contributed by atoms with Crippen LogP contribution in [0.1, 0.15) is 29.3 Å². The fourth-order valence-electron chi connectivity index (χ4n) is 2.62. The van der Waals surface area contributed by atoms with Crippen molar-refractivity contribution in [2.75, 3.05) is 5.73 Å². The van der Waals surface area contributed by atoms with Gasteiger partial charge in [0.05, 0.1) is 11.9 Å². The maximum absolute atomic E-state index is 12.4. The van der Waals surface area contributed by atoms with Gasteiger partial charge >= 0.3 is 0 Å². The molecule has 1 aromatic heterocycles. The zero-order valence-corrected chi connectivity index (χ0v) is 11.9. The first-order valence-corrected chi connectivity index (χ1v) is 7.86. The highest BCUT2D eigenvalue weighted by molar-refractivity contribution is 7.89. The standard InChI is InChI=1S/C13H16N4O2S/c1-8-13(7-15-16-8)20(18,19)17-12-5-2-9-6-10(14)3-4-11(9)12/h3-4,6-7,12,17H,2,5,14H2,1H3,(H,15,16). The van der Waals surface area contributed by atoms with Gasteiger partial charge in [0, 0.05) is 11.7 Å². The molecule has 106 valence electrons. The number of nitrogens with zero attached hydrogens (tertiary/aromatic N) is 1. The Morgan fingerprint density at radius 1 is 1.45 bits per heavy atom. The van der Waals surface area contributed by atoms with Crippen molar-refractivity contribution in [2.24, 2.45) is 0 Å². The van der Waals surface area contributed by atoms with Crippen LogP contribution < -0.4 is 10.5 Å². The van der Waals surface area contributed by atoms with Crippen LogP contribution in [-0.4, -0.2) is 18.6 Å². The third-order valence-electron chi connectivity index (χ3n) is 3.62. The fraction of sp³-hybridized carbons (Fsp3) is 0.308. The third kappa shape index (κ3) is 2.19. The van der Waals surface area contributed by atoms with E-state index in [9.17, 15) is 8.42 Å². The van der Waals surface area contributed by atoms with E-state index in [2.05, 4.69) is 14.9 Å². The summed E-state index contributed by atoms with van der Waals surface area (Å²) in [7, 11) is -3.56. The summed E-state index contributed by atoms with van der Waals surface area (Å²) in [6.45, 7) is 1.69. The number of sulfonamides is 1. The number of nitrogens with one attached hydrogen (secondary N) is 2. The monoisotopic (exact) mass is 292 g/mol. The van der Waals surface area contributed by atoms with Gasteiger partial charge in [-0.1, -0.05) is 6.07 Å². The molecule has 1 atom stereocenters. The molecule has 0 fully saturated rings. The van der Waals surface area contributed by atoms with Gasteiger partial charge in [-0.25, -0.2) is 13.1 Å². The van der Waals surface area contributed by atoms with Crippen LogP contribution in [0, 0.1) is 6.92 Å². The van der Waals surface area contributed by atoms with Crippen LogP contribution in [0.3, 0.4) is 0 Å². The Morgan fingerprint density at radius 2 is 2.25 bits per heavy atom. The molecular weight excluding hydrogens is 276 g/mol. The Morgan fingerprint density at radius 3 is 2.95 bits per heavy atom. The van der Waals surface area contributed by atoms with Crippen LogP contribution in [0.15, 0.2) is 29.3 Å². The molecule has 0 radical (unpaired) electrons. The second kappa shape index (κ2) is 4.60. The molecule has 2 aromatic rings. The summed E-state index contributed by atoms with van der Waals surface area (Å²) < 4.78 is 27.4. The highest BCUT2D eigenvalue weighted by Crippen LogP contribution is 2.33. The Labute approximate surface area is 117 Å². The van der Waals surface area contributed by atoms with Gasteiger partial charge in [-0.2, -0.15) is 5.10 Å². The molecule has 6 nitrogen and oxygen atoms in total. The SMILES string of the molecule is Cc1[nH]ncc1S(=O)(=O)NC1CCc2cc(N)ccc21. The van der Waals surface area contributed by atoms with Gasteiger partial charge in [-0.3, -0.25) is 5.10 Å². The predicted molar refractivity (Wildman–Crippen MR) is 75.6 cm³/mol. The molecule has 0 bridgehead atoms. The number of rotatable bonds is 3. The van der Waals surface area contributed by atoms with E-state index in [1.807, 2.05) is 12.1 Å². The summed E-state index contributed by atoms with van der Waals surface area (Å²) in [5.41, 5.74) is 9.11. The summed E-state index contributed by atoms with van der Waals surface area (Å²) in [6, 6.07) is 5.40. The maximum atomic E-state index is 12.4. The Balaban J connectivity index is 1.89. The molecule has 1 aromatic carbocycles. The van der Waals surface area contributed by atoms with Crippen molar-refractivity contribution < 1.29 is 8.42 Å². The van der Waals surface area contributed by atoms with Gasteiger partial charge in [0.2, 0.25) is 10.0 Å². The van der Waals surface area contributed by atoms with Crippen LogP contribution in [-0.2, 0) is 16.4 Å². The molecule has 0 aliphatic heterocycles. The van der Waals surface area contributed by atoms with Crippen LogP contribution in [0.4, 0.5) is 5.69 Å². The average molecular weight is 292 g/mol. The van der Waals surface area contributed by atoms with Crippen molar-refractivity contribution in [1.29, 1.82) is 0 Å². The number of H-pyrrole nitrogens is 1. The number of aryl methyl sites for hydroxylation is 2. The van der Waals surface area contributed by atoms with Crippen LogP contribution >= 0.6 is 0 Å². The number of hydrogen-bond donors (Lipinski definition) is 3. The van der Waals surface area contributed by atoms with Crippen LogP contribution in [0.2, 0.25) is 0 Å². The van der Waals surface area contributed by atoms with E-state index in [-0.39, 0.29) is 10.9 Å². The number of aromatic amines is 1. The molecule has 4 N–H and O–H groups in total. The van der Waals surface area contributed by atoms with Crippen molar-refractivity contribution in [3.8, 4) is 0 Å². The van der Waals surface area contributed by atoms with Crippen molar-refractivity contribution >= 4 is 15.7 Å². The number of hydrogen-bond acceptors (Lipinski definition) is 4. The lowest BCUT2D eigenvalue weighted by Crippen LogP contribution is -2.27.